The number of halogens is 1. The van der Waals surface area contributed by atoms with Gasteiger partial charge in [-0.1, -0.05) is 28.1 Å². The maximum atomic E-state index is 13.4. The van der Waals surface area contributed by atoms with Gasteiger partial charge in [0.05, 0.1) is 29.3 Å². The van der Waals surface area contributed by atoms with Crippen molar-refractivity contribution in [2.24, 2.45) is 0 Å². The van der Waals surface area contributed by atoms with E-state index in [0.717, 1.165) is 15.7 Å². The molecular formula is C24H16BrN3O3. The Labute approximate surface area is 185 Å². The van der Waals surface area contributed by atoms with Crippen LogP contribution in [-0.2, 0) is 4.79 Å². The van der Waals surface area contributed by atoms with Crippen LogP contribution < -0.4 is 15.6 Å². The molecule has 0 saturated heterocycles. The molecular weight excluding hydrogens is 458 g/mol. The van der Waals surface area contributed by atoms with Gasteiger partial charge in [-0.15, -0.1) is 0 Å². The Hall–Kier alpha value is -3.71. The van der Waals surface area contributed by atoms with Crippen LogP contribution in [0.1, 0.15) is 11.4 Å². The van der Waals surface area contributed by atoms with E-state index in [1.807, 2.05) is 24.3 Å². The van der Waals surface area contributed by atoms with Crippen LogP contribution in [0.3, 0.4) is 0 Å². The third-order valence-electron chi connectivity index (χ3n) is 5.17. The number of amides is 1. The van der Waals surface area contributed by atoms with Crippen LogP contribution in [0.2, 0.25) is 0 Å². The normalized spacial score (nSPS) is 14.0. The van der Waals surface area contributed by atoms with Crippen molar-refractivity contribution in [1.29, 1.82) is 0 Å². The lowest BCUT2D eigenvalue weighted by molar-refractivity contribution is -0.110. The number of hydrogen-bond acceptors (Lipinski definition) is 4. The smallest absolute Gasteiger partial charge is 0.266 e. The zero-order chi connectivity index (χ0) is 21.5. The number of carbonyl (C=O) groups excluding carboxylic acids is 1. The van der Waals surface area contributed by atoms with Gasteiger partial charge in [-0.3, -0.25) is 14.2 Å². The fraction of sp³-hybridized carbons (Fsp3) is 0.0417. The number of nitrogens with one attached hydrogen (secondary N) is 1. The average Bonchev–Trinajstić information content (AvgIpc) is 3.08. The molecule has 0 radical (unpaired) electrons. The molecule has 1 aromatic heterocycles. The molecule has 0 bridgehead atoms. The van der Waals surface area contributed by atoms with E-state index >= 15 is 0 Å². The molecule has 0 unspecified atom stereocenters. The molecule has 5 rings (SSSR count). The number of anilines is 1. The third-order valence-corrected chi connectivity index (χ3v) is 5.66. The monoisotopic (exact) mass is 473 g/mol. The molecule has 6 nitrogen and oxygen atoms in total. The topological polar surface area (TPSA) is 73.2 Å². The molecule has 2 heterocycles. The number of aromatic nitrogens is 2. The van der Waals surface area contributed by atoms with E-state index in [9.17, 15) is 9.59 Å². The van der Waals surface area contributed by atoms with Gasteiger partial charge in [-0.2, -0.15) is 0 Å². The van der Waals surface area contributed by atoms with Crippen LogP contribution in [0.4, 0.5) is 5.69 Å². The highest BCUT2D eigenvalue weighted by molar-refractivity contribution is 9.10. The van der Waals surface area contributed by atoms with E-state index < -0.39 is 0 Å². The minimum atomic E-state index is -0.239. The maximum absolute atomic E-state index is 13.4. The number of benzene rings is 3. The second-order valence-electron chi connectivity index (χ2n) is 7.03. The SMILES string of the molecule is COc1ccc(-n2c(/C=C3\C(=O)Nc4ccc(Br)cc43)nc3ccccc3c2=O)cc1. The van der Waals surface area contributed by atoms with Gasteiger partial charge in [-0.05, 0) is 60.7 Å². The number of hydrogen-bond donors (Lipinski definition) is 1. The van der Waals surface area contributed by atoms with Crippen molar-refractivity contribution in [3.63, 3.8) is 0 Å². The molecule has 31 heavy (non-hydrogen) atoms. The van der Waals surface area contributed by atoms with Crippen molar-refractivity contribution in [2.45, 2.75) is 0 Å². The van der Waals surface area contributed by atoms with Crippen LogP contribution >= 0.6 is 15.9 Å². The van der Waals surface area contributed by atoms with E-state index in [1.165, 1.54) is 4.57 Å². The molecule has 152 valence electrons. The molecule has 3 aromatic carbocycles. The summed E-state index contributed by atoms with van der Waals surface area (Å²) in [6, 6.07) is 19.9. The van der Waals surface area contributed by atoms with E-state index in [2.05, 4.69) is 21.2 Å². The lowest BCUT2D eigenvalue weighted by atomic mass is 10.1. The summed E-state index contributed by atoms with van der Waals surface area (Å²) in [4.78, 5) is 30.8. The van der Waals surface area contributed by atoms with Gasteiger partial charge in [-0.25, -0.2) is 4.98 Å². The van der Waals surface area contributed by atoms with Gasteiger partial charge in [0, 0.05) is 15.7 Å². The van der Waals surface area contributed by atoms with Gasteiger partial charge in [0.1, 0.15) is 11.6 Å². The Morgan fingerprint density at radius 1 is 1.03 bits per heavy atom. The second kappa shape index (κ2) is 7.52. The fourth-order valence-corrected chi connectivity index (χ4v) is 4.02. The molecule has 1 amide bonds. The number of rotatable bonds is 3. The predicted molar refractivity (Wildman–Crippen MR) is 125 cm³/mol. The van der Waals surface area contributed by atoms with Crippen LogP contribution in [0, 0.1) is 0 Å². The van der Waals surface area contributed by atoms with Crippen LogP contribution in [0.5, 0.6) is 5.75 Å². The second-order valence-corrected chi connectivity index (χ2v) is 7.94. The first-order valence-electron chi connectivity index (χ1n) is 9.54. The molecule has 4 aromatic rings. The van der Waals surface area contributed by atoms with Crippen molar-refractivity contribution in [3.05, 3.63) is 92.9 Å². The first kappa shape index (κ1) is 19.3. The van der Waals surface area contributed by atoms with E-state index in [1.54, 1.807) is 55.7 Å². The van der Waals surface area contributed by atoms with Crippen LogP contribution in [-0.4, -0.2) is 22.6 Å². The minimum Gasteiger partial charge on any atom is -0.497 e. The van der Waals surface area contributed by atoms with Gasteiger partial charge in [0.2, 0.25) is 0 Å². The summed E-state index contributed by atoms with van der Waals surface area (Å²) in [6.07, 6.45) is 1.66. The lowest BCUT2D eigenvalue weighted by Gasteiger charge is -2.12. The summed E-state index contributed by atoms with van der Waals surface area (Å²) in [6.45, 7) is 0. The fourth-order valence-electron chi connectivity index (χ4n) is 3.66. The number of para-hydroxylation sites is 1. The largest absolute Gasteiger partial charge is 0.497 e. The van der Waals surface area contributed by atoms with Crippen molar-refractivity contribution in [2.75, 3.05) is 12.4 Å². The van der Waals surface area contributed by atoms with Crippen molar-refractivity contribution in [3.8, 4) is 11.4 Å². The summed E-state index contributed by atoms with van der Waals surface area (Å²) >= 11 is 3.46. The predicted octanol–water partition coefficient (Wildman–Crippen LogP) is 4.65. The molecule has 0 fully saturated rings. The van der Waals surface area contributed by atoms with Gasteiger partial charge >= 0.3 is 0 Å². The summed E-state index contributed by atoms with van der Waals surface area (Å²) in [5.41, 5.74) is 2.90. The number of methoxy groups -OCH3 is 1. The highest BCUT2D eigenvalue weighted by Crippen LogP contribution is 2.35. The maximum Gasteiger partial charge on any atom is 0.266 e. The number of ether oxygens (including phenoxy) is 1. The van der Waals surface area contributed by atoms with Gasteiger partial charge in [0.15, 0.2) is 0 Å². The molecule has 0 saturated carbocycles. The highest BCUT2D eigenvalue weighted by Gasteiger charge is 2.25. The molecule has 0 spiro atoms. The van der Waals surface area contributed by atoms with Crippen LogP contribution in [0.25, 0.3) is 28.2 Å². The minimum absolute atomic E-state index is 0.213. The summed E-state index contributed by atoms with van der Waals surface area (Å²) in [5.74, 6) is 0.808. The Bertz CT molecular complexity index is 1440. The Morgan fingerprint density at radius 3 is 2.58 bits per heavy atom. The van der Waals surface area contributed by atoms with Gasteiger partial charge in [0.25, 0.3) is 11.5 Å². The molecule has 1 aliphatic rings. The average molecular weight is 474 g/mol. The van der Waals surface area contributed by atoms with E-state index in [0.29, 0.717) is 33.7 Å². The zero-order valence-electron chi connectivity index (χ0n) is 16.4. The molecule has 1 aliphatic heterocycles. The third kappa shape index (κ3) is 3.33. The quantitative estimate of drug-likeness (QED) is 0.439. The Kier molecular flexibility index (Phi) is 4.67. The Morgan fingerprint density at radius 2 is 1.81 bits per heavy atom. The van der Waals surface area contributed by atoms with Crippen molar-refractivity contribution < 1.29 is 9.53 Å². The number of carbonyl (C=O) groups is 1. The molecule has 0 aliphatic carbocycles. The standard InChI is InChI=1S/C24H16BrN3O3/c1-31-16-9-7-15(8-10-16)28-22(26-20-5-3-2-4-17(20)24(28)30)13-19-18-12-14(25)6-11-21(18)27-23(19)29/h2-13H,1H3,(H,27,29)/b19-13-. The number of fused-ring (bicyclic) bond motifs is 2. The highest BCUT2D eigenvalue weighted by atomic mass is 79.9. The van der Waals surface area contributed by atoms with Crippen molar-refractivity contribution >= 4 is 50.1 Å². The summed E-state index contributed by atoms with van der Waals surface area (Å²) in [7, 11) is 1.59. The van der Waals surface area contributed by atoms with E-state index in [4.69, 9.17) is 9.72 Å². The van der Waals surface area contributed by atoms with Crippen LogP contribution in [0.15, 0.2) is 76.0 Å². The van der Waals surface area contributed by atoms with Crippen molar-refractivity contribution in [1.82, 2.24) is 9.55 Å². The molecule has 0 atom stereocenters. The number of nitrogens with zero attached hydrogens (tertiary/aromatic N) is 2. The van der Waals surface area contributed by atoms with E-state index in [-0.39, 0.29) is 11.5 Å². The lowest BCUT2D eigenvalue weighted by Crippen LogP contribution is -2.22. The first-order chi connectivity index (χ1) is 15.0. The summed E-state index contributed by atoms with van der Waals surface area (Å²) in [5, 5.41) is 3.36. The summed E-state index contributed by atoms with van der Waals surface area (Å²) < 4.78 is 7.60. The zero-order valence-corrected chi connectivity index (χ0v) is 18.0. The Balaban J connectivity index is 1.79. The van der Waals surface area contributed by atoms with Gasteiger partial charge < -0.3 is 10.1 Å². The molecule has 7 heteroatoms. The molecule has 1 N–H and O–H groups in total. The first-order valence-corrected chi connectivity index (χ1v) is 10.3.